The molecule has 0 aliphatic rings. The van der Waals surface area contributed by atoms with E-state index < -0.39 is 12.9 Å². The zero-order chi connectivity index (χ0) is 22.8. The van der Waals surface area contributed by atoms with E-state index in [2.05, 4.69) is 22.6 Å². The molecule has 0 heterocycles. The highest BCUT2D eigenvalue weighted by Gasteiger charge is 2.33. The third-order valence-electron chi connectivity index (χ3n) is 4.37. The Balaban J connectivity index is 1.95. The van der Waals surface area contributed by atoms with Crippen molar-refractivity contribution in [1.29, 1.82) is 0 Å². The average Bonchev–Trinajstić information content (AvgIpc) is 2.78. The second-order valence-corrected chi connectivity index (χ2v) is 10.9. The standard InChI is InChI=1S/C22H28N3O3PS2/c1-16(2)25(15-23-22(26)28-24-17(3)31-5)29(30)18(4)27-21-13-11-20(12-14-21)19-9-7-6-8-10-19/h6-14,16,18H,15H2,1-5H3/p+1. The van der Waals surface area contributed by atoms with E-state index in [1.54, 1.807) is 6.92 Å². The van der Waals surface area contributed by atoms with Crippen LogP contribution in [-0.2, 0) is 16.6 Å². The largest absolute Gasteiger partial charge is 0.447 e. The number of thioether (sulfide) groups is 1. The molecule has 1 N–H and O–H groups in total. The van der Waals surface area contributed by atoms with Crippen molar-refractivity contribution in [3.05, 3.63) is 54.6 Å². The molecule has 6 nitrogen and oxygen atoms in total. The summed E-state index contributed by atoms with van der Waals surface area (Å²) in [6.07, 6.45) is 1.25. The quantitative estimate of drug-likeness (QED) is 0.119. The lowest BCUT2D eigenvalue weighted by Crippen LogP contribution is -2.38. The Kier molecular flexibility index (Phi) is 10.4. The monoisotopic (exact) mass is 478 g/mol. The van der Waals surface area contributed by atoms with Gasteiger partial charge in [-0.05, 0) is 50.3 Å². The van der Waals surface area contributed by atoms with Crippen molar-refractivity contribution < 1.29 is 14.4 Å². The van der Waals surface area contributed by atoms with Crippen LogP contribution in [0, 0.1) is 0 Å². The first-order valence-electron chi connectivity index (χ1n) is 9.90. The number of carbonyl (C=O) groups is 1. The van der Waals surface area contributed by atoms with E-state index in [1.807, 2.05) is 74.2 Å². The molecule has 166 valence electrons. The van der Waals surface area contributed by atoms with Gasteiger partial charge in [0.2, 0.25) is 0 Å². The second kappa shape index (κ2) is 12.8. The Hall–Kier alpha value is -1.99. The maximum atomic E-state index is 11.9. The zero-order valence-electron chi connectivity index (χ0n) is 18.4. The Labute approximate surface area is 194 Å². The summed E-state index contributed by atoms with van der Waals surface area (Å²) in [4.78, 5) is 16.7. The molecule has 0 aliphatic heterocycles. The number of carbonyl (C=O) groups excluding carboxylic acids is 1. The summed E-state index contributed by atoms with van der Waals surface area (Å²) < 4.78 is 8.14. The topological polar surface area (TPSA) is 63.2 Å². The van der Waals surface area contributed by atoms with Crippen LogP contribution in [0.3, 0.4) is 0 Å². The highest BCUT2D eigenvalue weighted by Crippen LogP contribution is 2.36. The Morgan fingerprint density at radius 3 is 2.32 bits per heavy atom. The van der Waals surface area contributed by atoms with E-state index in [0.29, 0.717) is 5.04 Å². The molecule has 0 bridgehead atoms. The highest BCUT2D eigenvalue weighted by molar-refractivity contribution is 8.13. The van der Waals surface area contributed by atoms with Crippen molar-refractivity contribution in [2.45, 2.75) is 39.6 Å². The van der Waals surface area contributed by atoms with Crippen LogP contribution < -0.4 is 10.1 Å². The van der Waals surface area contributed by atoms with E-state index in [-0.39, 0.29) is 18.6 Å². The molecule has 0 saturated heterocycles. The fourth-order valence-electron chi connectivity index (χ4n) is 2.61. The van der Waals surface area contributed by atoms with Gasteiger partial charge in [0.05, 0.1) is 0 Å². The molecule has 0 aliphatic carbocycles. The maximum Gasteiger partial charge on any atom is 0.434 e. The van der Waals surface area contributed by atoms with Crippen LogP contribution in [0.4, 0.5) is 4.79 Å². The van der Waals surface area contributed by atoms with Crippen LogP contribution in [0.5, 0.6) is 5.75 Å². The Morgan fingerprint density at radius 1 is 1.13 bits per heavy atom. The van der Waals surface area contributed by atoms with Gasteiger partial charge in [-0.2, -0.15) is 0 Å². The molecule has 2 aromatic carbocycles. The van der Waals surface area contributed by atoms with Gasteiger partial charge in [-0.3, -0.25) is 4.84 Å². The van der Waals surface area contributed by atoms with Crippen molar-refractivity contribution in [3.8, 4) is 16.9 Å². The number of hydrogen-bond acceptors (Lipinski definition) is 6. The number of amides is 1. The number of hydrogen-bond donors (Lipinski definition) is 1. The minimum Gasteiger partial charge on any atom is -0.447 e. The fourth-order valence-corrected chi connectivity index (χ4v) is 4.88. The van der Waals surface area contributed by atoms with Gasteiger partial charge in [0, 0.05) is 13.0 Å². The number of rotatable bonds is 9. The van der Waals surface area contributed by atoms with Crippen LogP contribution in [0.25, 0.3) is 11.1 Å². The van der Waals surface area contributed by atoms with Crippen LogP contribution in [0.1, 0.15) is 27.7 Å². The molecule has 31 heavy (non-hydrogen) atoms. The van der Waals surface area contributed by atoms with Gasteiger partial charge in [-0.1, -0.05) is 52.3 Å². The molecule has 2 atom stereocenters. The SMILES string of the molecule is CSC(C)=NOC(=O)NCN(C(C)C)[P+](=S)C(C)Oc1ccc(-c2ccccc2)cc1. The number of ether oxygens (including phenoxy) is 1. The molecular weight excluding hydrogens is 449 g/mol. The van der Waals surface area contributed by atoms with Gasteiger partial charge in [0.25, 0.3) is 5.85 Å². The maximum absolute atomic E-state index is 11.9. The van der Waals surface area contributed by atoms with E-state index in [0.717, 1.165) is 16.9 Å². The number of nitrogens with one attached hydrogen (secondary N) is 1. The van der Waals surface area contributed by atoms with E-state index in [9.17, 15) is 4.79 Å². The van der Waals surface area contributed by atoms with Crippen LogP contribution in [0.2, 0.25) is 0 Å². The molecule has 1 amide bonds. The normalized spacial score (nSPS) is 13.1. The molecule has 2 aromatic rings. The Morgan fingerprint density at radius 2 is 1.74 bits per heavy atom. The van der Waals surface area contributed by atoms with Crippen LogP contribution >= 0.6 is 18.6 Å². The lowest BCUT2D eigenvalue weighted by Gasteiger charge is -2.20. The lowest BCUT2D eigenvalue weighted by atomic mass is 10.1. The van der Waals surface area contributed by atoms with Gasteiger partial charge >= 0.3 is 12.9 Å². The third kappa shape index (κ3) is 8.22. The second-order valence-electron chi connectivity index (χ2n) is 6.97. The summed E-state index contributed by atoms with van der Waals surface area (Å²) in [6.45, 7) is 6.97. The summed E-state index contributed by atoms with van der Waals surface area (Å²) in [7, 11) is 0. The summed E-state index contributed by atoms with van der Waals surface area (Å²) in [5, 5.41) is 7.11. The smallest absolute Gasteiger partial charge is 0.434 e. The lowest BCUT2D eigenvalue weighted by molar-refractivity contribution is 0.146. The molecule has 0 fully saturated rings. The van der Waals surface area contributed by atoms with Crippen molar-refractivity contribution >= 4 is 41.6 Å². The molecule has 0 saturated carbocycles. The number of nitrogens with zero attached hydrogens (tertiary/aromatic N) is 2. The van der Waals surface area contributed by atoms with Gasteiger partial charge in [-0.25, -0.2) is 4.79 Å². The summed E-state index contributed by atoms with van der Waals surface area (Å²) in [5.41, 5.74) is 2.29. The molecule has 0 spiro atoms. The van der Waals surface area contributed by atoms with Gasteiger partial charge in [0.15, 0.2) is 11.8 Å². The average molecular weight is 479 g/mol. The molecule has 2 unspecified atom stereocenters. The van der Waals surface area contributed by atoms with Gasteiger partial charge < -0.3 is 10.1 Å². The van der Waals surface area contributed by atoms with E-state index >= 15 is 0 Å². The fraction of sp³-hybridized carbons (Fsp3) is 0.364. The minimum absolute atomic E-state index is 0.131. The van der Waals surface area contributed by atoms with Crippen LogP contribution in [0.15, 0.2) is 59.8 Å². The zero-order valence-corrected chi connectivity index (χ0v) is 21.0. The molecule has 2 rings (SSSR count). The van der Waals surface area contributed by atoms with E-state index in [4.69, 9.17) is 21.4 Å². The van der Waals surface area contributed by atoms with Crippen molar-refractivity contribution in [1.82, 2.24) is 9.99 Å². The first-order valence-corrected chi connectivity index (χ1v) is 13.5. The van der Waals surface area contributed by atoms with Crippen molar-refractivity contribution in [3.63, 3.8) is 0 Å². The molecule has 9 heteroatoms. The molecule has 0 aromatic heterocycles. The predicted molar refractivity (Wildman–Crippen MR) is 134 cm³/mol. The van der Waals surface area contributed by atoms with Crippen LogP contribution in [-0.4, -0.2) is 40.6 Å². The predicted octanol–water partition coefficient (Wildman–Crippen LogP) is 6.03. The highest BCUT2D eigenvalue weighted by atomic mass is 32.4. The summed E-state index contributed by atoms with van der Waals surface area (Å²) >= 11 is 7.19. The van der Waals surface area contributed by atoms with Crippen molar-refractivity contribution in [2.24, 2.45) is 5.16 Å². The summed E-state index contributed by atoms with van der Waals surface area (Å²) in [5.74, 6) is 0.562. The number of benzene rings is 2. The first-order chi connectivity index (χ1) is 14.8. The van der Waals surface area contributed by atoms with Gasteiger partial charge in [0.1, 0.15) is 17.5 Å². The minimum atomic E-state index is -1.09. The molecular formula is C22H29N3O3PS2+. The number of oxime groups is 1. The van der Waals surface area contributed by atoms with E-state index in [1.165, 1.54) is 11.8 Å². The van der Waals surface area contributed by atoms with Crippen molar-refractivity contribution in [2.75, 3.05) is 12.9 Å². The molecule has 0 radical (unpaired) electrons. The van der Waals surface area contributed by atoms with Gasteiger partial charge in [-0.15, -0.1) is 11.8 Å². The Bertz CT molecular complexity index is 893. The first kappa shape index (κ1) is 25.3. The third-order valence-corrected chi connectivity index (χ3v) is 8.39. The summed E-state index contributed by atoms with van der Waals surface area (Å²) in [6, 6.07) is 18.3.